The van der Waals surface area contributed by atoms with Crippen LogP contribution < -0.4 is 51.4 Å². The van der Waals surface area contributed by atoms with Crippen molar-refractivity contribution in [2.24, 2.45) is 0 Å². The molecule has 0 aliphatic heterocycles. The zero-order chi connectivity index (χ0) is 12.0. The largest absolute Gasteiger partial charge is 3.00 e. The van der Waals surface area contributed by atoms with Gasteiger partial charge in [-0.05, 0) is 0 Å². The molecule has 0 amide bonds. The van der Waals surface area contributed by atoms with E-state index in [-0.39, 0.29) is 95.8 Å². The molecule has 0 aliphatic rings. The molecule has 0 aromatic carbocycles. The van der Waals surface area contributed by atoms with E-state index in [0.29, 0.717) is 0 Å². The predicted molar refractivity (Wildman–Crippen MR) is 29.8 cm³/mol. The molecule has 6 nitrogen and oxygen atoms in total. The Hall–Kier alpha value is 0.0179. The van der Waals surface area contributed by atoms with Crippen LogP contribution in [-0.4, -0.2) is 0 Å². The first-order valence-electron chi connectivity index (χ1n) is 1.34. The van der Waals surface area contributed by atoms with Gasteiger partial charge in [0.15, 0.2) is 0 Å². The number of nitrogens with zero attached hydrogens (tertiary/aromatic N) is 6. The van der Waals surface area contributed by atoms with Crippen LogP contribution in [0.3, 0.4) is 0 Å². The SMILES string of the molecule is [C-]#N.[C-]#N.[C-]#N.[C-]#N.[C-]#N.[C-]#N.[Cd+2].[Fe+3].[K+]. The minimum atomic E-state index is 0. The molecule has 0 aromatic heterocycles. The third-order valence-electron chi connectivity index (χ3n) is 0. The molecule has 15 heavy (non-hydrogen) atoms. The molecule has 0 N–H and O–H groups in total. The van der Waals surface area contributed by atoms with E-state index in [2.05, 4.69) is 0 Å². The molecule has 0 spiro atoms. The molecule has 0 saturated heterocycles. The maximum Gasteiger partial charge on any atom is 3.00 e. The molecule has 65 valence electrons. The van der Waals surface area contributed by atoms with E-state index >= 15 is 0 Å². The summed E-state index contributed by atoms with van der Waals surface area (Å²) in [5.74, 6) is 0. The summed E-state index contributed by atoms with van der Waals surface area (Å²) in [7, 11) is 0. The summed E-state index contributed by atoms with van der Waals surface area (Å²) in [5, 5.41) is 37.5. The van der Waals surface area contributed by atoms with Crippen molar-refractivity contribution in [1.29, 1.82) is 31.6 Å². The fourth-order valence-corrected chi connectivity index (χ4v) is 0. The Labute approximate surface area is 164 Å². The molecular weight excluding hydrogens is 363 g/mol. The first-order chi connectivity index (χ1) is 6.00. The molecule has 0 rings (SSSR count). The average Bonchev–Trinajstić information content (AvgIpc) is 2.33. The quantitative estimate of drug-likeness (QED) is 0.346. The van der Waals surface area contributed by atoms with Gasteiger partial charge in [0.1, 0.15) is 0 Å². The van der Waals surface area contributed by atoms with Crippen LogP contribution in [0.2, 0.25) is 0 Å². The molecule has 0 unspecified atom stereocenters. The van der Waals surface area contributed by atoms with Gasteiger partial charge in [-0.3, -0.25) is 0 Å². The van der Waals surface area contributed by atoms with E-state index in [4.69, 9.17) is 71.0 Å². The summed E-state index contributed by atoms with van der Waals surface area (Å²) in [6.07, 6.45) is 0. The Morgan fingerprint density at radius 1 is 0.400 bits per heavy atom. The summed E-state index contributed by atoms with van der Waals surface area (Å²) >= 11 is 0. The van der Waals surface area contributed by atoms with Crippen LogP contribution in [0.5, 0.6) is 0 Å². The van der Waals surface area contributed by atoms with E-state index in [0.717, 1.165) is 0 Å². The van der Waals surface area contributed by atoms with Gasteiger partial charge in [-0.1, -0.05) is 0 Å². The van der Waals surface area contributed by atoms with Crippen molar-refractivity contribution >= 4 is 0 Å². The van der Waals surface area contributed by atoms with Crippen molar-refractivity contribution in [2.45, 2.75) is 0 Å². The van der Waals surface area contributed by atoms with Crippen molar-refractivity contribution in [2.75, 3.05) is 0 Å². The Morgan fingerprint density at radius 3 is 0.400 bits per heavy atom. The van der Waals surface area contributed by atoms with Gasteiger partial charge in [0, 0.05) is 0 Å². The normalized spacial score (nSPS) is 0.800. The Morgan fingerprint density at radius 2 is 0.400 bits per heavy atom. The van der Waals surface area contributed by atoms with E-state index in [9.17, 15) is 0 Å². The summed E-state index contributed by atoms with van der Waals surface area (Å²) in [4.78, 5) is 0. The van der Waals surface area contributed by atoms with Crippen molar-refractivity contribution in [1.82, 2.24) is 0 Å². The summed E-state index contributed by atoms with van der Waals surface area (Å²) in [6, 6.07) is 0. The van der Waals surface area contributed by atoms with Crippen LogP contribution in [0.1, 0.15) is 0 Å². The van der Waals surface area contributed by atoms with E-state index < -0.39 is 0 Å². The third kappa shape index (κ3) is 6300000. The maximum atomic E-state index is 6.25. The first kappa shape index (κ1) is 81.5. The zero-order valence-electron chi connectivity index (χ0n) is 7.74. The molecule has 0 aromatic rings. The molecule has 9 heteroatoms. The van der Waals surface area contributed by atoms with E-state index in [1.807, 2.05) is 0 Å². The second kappa shape index (κ2) is 7400000. The average molecular weight is 363 g/mol. The number of hydrogen-bond donors (Lipinski definition) is 0. The summed E-state index contributed by atoms with van der Waals surface area (Å²) < 4.78 is 0. The smallest absolute Gasteiger partial charge is 0.512 e. The van der Waals surface area contributed by atoms with Crippen molar-refractivity contribution < 1.29 is 95.8 Å². The topological polar surface area (TPSA) is 143 Å². The third-order valence-corrected chi connectivity index (χ3v) is 0. The molecule has 0 fully saturated rings. The monoisotopic (exact) mass is 365 g/mol. The standard InChI is InChI=1S/6CN.Cd.Fe.K/c6*1-2;;;/q6*-1;+2;+3;+1. The number of rotatable bonds is 0. The van der Waals surface area contributed by atoms with Crippen molar-refractivity contribution in [3.63, 3.8) is 0 Å². The molecule has 0 bridgehead atoms. The van der Waals surface area contributed by atoms with Gasteiger partial charge in [0.2, 0.25) is 0 Å². The molecule has 0 heterocycles. The van der Waals surface area contributed by atoms with Crippen molar-refractivity contribution in [3.05, 3.63) is 39.4 Å². The van der Waals surface area contributed by atoms with E-state index in [1.54, 1.807) is 0 Å². The molecule has 0 atom stereocenters. The second-order valence-electron chi connectivity index (χ2n) is 0. The van der Waals surface area contributed by atoms with Crippen LogP contribution in [0.15, 0.2) is 0 Å². The fourth-order valence-electron chi connectivity index (χ4n) is 0. The van der Waals surface area contributed by atoms with Gasteiger partial charge in [-0.25, -0.2) is 0 Å². The summed E-state index contributed by atoms with van der Waals surface area (Å²) in [5.41, 5.74) is 0. The van der Waals surface area contributed by atoms with Crippen LogP contribution in [-0.2, 0) is 44.4 Å². The minimum Gasteiger partial charge on any atom is -0.512 e. The Balaban J connectivity index is -0.00000000396. The Bertz CT molecular complexity index is 103. The van der Waals surface area contributed by atoms with Crippen LogP contribution in [0.25, 0.3) is 0 Å². The second-order valence-corrected chi connectivity index (χ2v) is 0. The maximum absolute atomic E-state index is 6.25. The molecule has 0 aliphatic carbocycles. The van der Waals surface area contributed by atoms with Gasteiger partial charge in [0.05, 0.1) is 0 Å². The predicted octanol–water partition coefficient (Wildman–Crippen LogP) is -2.42. The van der Waals surface area contributed by atoms with Gasteiger partial charge >= 0.3 is 95.8 Å². The Kier molecular flexibility index (Phi) is 40200000. The first-order valence-corrected chi connectivity index (χ1v) is 1.34. The van der Waals surface area contributed by atoms with Crippen LogP contribution >= 0.6 is 0 Å². The molecule has 1 radical (unpaired) electrons. The zero-order valence-corrected chi connectivity index (χ0v) is 16.0. The number of hydrogen-bond acceptors (Lipinski definition) is 6. The summed E-state index contributed by atoms with van der Waals surface area (Å²) in [6.45, 7) is 28.5. The van der Waals surface area contributed by atoms with Gasteiger partial charge in [-0.15, -0.1) is 0 Å². The van der Waals surface area contributed by atoms with Crippen LogP contribution in [0.4, 0.5) is 0 Å². The molecular formula is C6CdFeKN6. The van der Waals surface area contributed by atoms with Crippen LogP contribution in [0, 0.1) is 71.0 Å². The van der Waals surface area contributed by atoms with Gasteiger partial charge in [-0.2, -0.15) is 0 Å². The minimum absolute atomic E-state index is 0. The van der Waals surface area contributed by atoms with Gasteiger partial charge in [0.25, 0.3) is 0 Å². The fraction of sp³-hybridized carbons (Fsp3) is 0. The molecule has 0 saturated carbocycles. The van der Waals surface area contributed by atoms with Crippen molar-refractivity contribution in [3.8, 4) is 0 Å². The van der Waals surface area contributed by atoms with E-state index in [1.165, 1.54) is 0 Å². The van der Waals surface area contributed by atoms with Gasteiger partial charge < -0.3 is 71.0 Å².